The summed E-state index contributed by atoms with van der Waals surface area (Å²) in [6.45, 7) is 8.31. The van der Waals surface area contributed by atoms with Crippen LogP contribution < -0.4 is 0 Å². The Morgan fingerprint density at radius 2 is 1.86 bits per heavy atom. The number of rotatable bonds is 2. The van der Waals surface area contributed by atoms with Crippen molar-refractivity contribution in [3.05, 3.63) is 22.8 Å². The smallest absolute Gasteiger partial charge is 0.0528 e. The molecule has 2 N–H and O–H groups in total. The van der Waals surface area contributed by atoms with Crippen molar-refractivity contribution < 1.29 is 10.2 Å². The molecular formula is C12H20O2. The molecule has 0 heterocycles. The molecule has 0 saturated carbocycles. The van der Waals surface area contributed by atoms with Crippen molar-refractivity contribution in [2.75, 3.05) is 13.2 Å². The summed E-state index contributed by atoms with van der Waals surface area (Å²) in [7, 11) is 0. The van der Waals surface area contributed by atoms with Gasteiger partial charge in [0.2, 0.25) is 0 Å². The average molecular weight is 196 g/mol. The predicted molar refractivity (Wildman–Crippen MR) is 57.9 cm³/mol. The van der Waals surface area contributed by atoms with Gasteiger partial charge in [-0.2, -0.15) is 0 Å². The fourth-order valence-electron chi connectivity index (χ4n) is 2.20. The molecule has 2 nitrogen and oxygen atoms in total. The number of hydrogen-bond donors (Lipinski definition) is 2. The van der Waals surface area contributed by atoms with Crippen LogP contribution in [0, 0.1) is 11.3 Å². The van der Waals surface area contributed by atoms with E-state index in [0.29, 0.717) is 0 Å². The van der Waals surface area contributed by atoms with Crippen LogP contribution in [0.4, 0.5) is 0 Å². The molecule has 2 atom stereocenters. The molecule has 0 spiro atoms. The van der Waals surface area contributed by atoms with Crippen molar-refractivity contribution >= 4 is 0 Å². The monoisotopic (exact) mass is 196 g/mol. The van der Waals surface area contributed by atoms with E-state index in [1.54, 1.807) is 0 Å². The average Bonchev–Trinajstić information content (AvgIpc) is 2.16. The van der Waals surface area contributed by atoms with Crippen molar-refractivity contribution in [1.29, 1.82) is 0 Å². The fraction of sp³-hybridized carbons (Fsp3) is 0.667. The van der Waals surface area contributed by atoms with Crippen molar-refractivity contribution in [1.82, 2.24) is 0 Å². The van der Waals surface area contributed by atoms with Gasteiger partial charge in [0.25, 0.3) is 0 Å². The molecule has 0 saturated heterocycles. The minimum absolute atomic E-state index is 0.0532. The maximum atomic E-state index is 9.45. The van der Waals surface area contributed by atoms with Gasteiger partial charge in [0.05, 0.1) is 13.2 Å². The van der Waals surface area contributed by atoms with Crippen LogP contribution in [0.15, 0.2) is 22.8 Å². The summed E-state index contributed by atoms with van der Waals surface area (Å²) in [4.78, 5) is 0. The van der Waals surface area contributed by atoms with Crippen LogP contribution in [-0.4, -0.2) is 23.4 Å². The Bertz CT molecular complexity index is 289. The number of aliphatic hydroxyl groups excluding tert-OH is 2. The van der Waals surface area contributed by atoms with E-state index in [0.717, 1.165) is 5.57 Å². The molecule has 0 aromatic rings. The van der Waals surface area contributed by atoms with Gasteiger partial charge in [0.15, 0.2) is 0 Å². The fourth-order valence-corrected chi connectivity index (χ4v) is 2.20. The topological polar surface area (TPSA) is 40.5 Å². The van der Waals surface area contributed by atoms with Gasteiger partial charge in [-0.15, -0.1) is 0 Å². The number of hydrogen-bond acceptors (Lipinski definition) is 2. The Balaban J connectivity index is 3.19. The third-order valence-electron chi connectivity index (χ3n) is 3.76. The second kappa shape index (κ2) is 3.87. The Morgan fingerprint density at radius 3 is 2.29 bits per heavy atom. The molecule has 0 aromatic carbocycles. The molecule has 0 amide bonds. The van der Waals surface area contributed by atoms with Crippen LogP contribution in [0.1, 0.15) is 27.7 Å². The SMILES string of the molecule is CC1=CC(C)=C(C)C(CO)C1(C)CO. The van der Waals surface area contributed by atoms with Crippen molar-refractivity contribution in [3.8, 4) is 0 Å². The number of aliphatic hydroxyl groups is 2. The van der Waals surface area contributed by atoms with E-state index in [4.69, 9.17) is 0 Å². The lowest BCUT2D eigenvalue weighted by atomic mass is 9.66. The molecular weight excluding hydrogens is 176 g/mol. The zero-order valence-corrected chi connectivity index (χ0v) is 9.46. The van der Waals surface area contributed by atoms with E-state index in [9.17, 15) is 10.2 Å². The summed E-state index contributed by atoms with van der Waals surface area (Å²) in [5.41, 5.74) is 3.27. The minimum Gasteiger partial charge on any atom is -0.396 e. The Kier molecular flexibility index (Phi) is 3.17. The third-order valence-corrected chi connectivity index (χ3v) is 3.76. The van der Waals surface area contributed by atoms with Crippen LogP contribution in [-0.2, 0) is 0 Å². The Labute approximate surface area is 86.0 Å². The molecule has 1 rings (SSSR count). The third kappa shape index (κ3) is 1.53. The van der Waals surface area contributed by atoms with Gasteiger partial charge in [0, 0.05) is 11.3 Å². The highest BCUT2D eigenvalue weighted by Crippen LogP contribution is 2.43. The van der Waals surface area contributed by atoms with Crippen molar-refractivity contribution in [2.24, 2.45) is 11.3 Å². The summed E-state index contributed by atoms with van der Waals surface area (Å²) in [5, 5.41) is 18.8. The zero-order valence-electron chi connectivity index (χ0n) is 9.46. The lowest BCUT2D eigenvalue weighted by Crippen LogP contribution is -2.37. The maximum absolute atomic E-state index is 9.45. The summed E-state index contributed by atoms with van der Waals surface area (Å²) < 4.78 is 0. The Hall–Kier alpha value is -0.600. The van der Waals surface area contributed by atoms with Gasteiger partial charge in [-0.25, -0.2) is 0 Å². The molecule has 0 aliphatic heterocycles. The highest BCUT2D eigenvalue weighted by atomic mass is 16.3. The predicted octanol–water partition coefficient (Wildman–Crippen LogP) is 1.89. The van der Waals surface area contributed by atoms with Crippen LogP contribution in [0.3, 0.4) is 0 Å². The van der Waals surface area contributed by atoms with E-state index >= 15 is 0 Å². The molecule has 1 aliphatic rings. The van der Waals surface area contributed by atoms with E-state index in [-0.39, 0.29) is 24.5 Å². The normalized spacial score (nSPS) is 33.3. The van der Waals surface area contributed by atoms with Crippen LogP contribution >= 0.6 is 0 Å². The van der Waals surface area contributed by atoms with Gasteiger partial charge in [-0.3, -0.25) is 0 Å². The van der Waals surface area contributed by atoms with Gasteiger partial charge < -0.3 is 10.2 Å². The molecule has 80 valence electrons. The zero-order chi connectivity index (χ0) is 10.9. The second-order valence-corrected chi connectivity index (χ2v) is 4.50. The molecule has 0 radical (unpaired) electrons. The van der Waals surface area contributed by atoms with Crippen LogP contribution in [0.2, 0.25) is 0 Å². The lowest BCUT2D eigenvalue weighted by molar-refractivity contribution is 0.0863. The first-order valence-corrected chi connectivity index (χ1v) is 5.05. The first-order chi connectivity index (χ1) is 6.47. The number of allylic oxidation sites excluding steroid dienone is 2. The van der Waals surface area contributed by atoms with E-state index in [1.807, 2.05) is 20.8 Å². The van der Waals surface area contributed by atoms with Gasteiger partial charge in [-0.1, -0.05) is 29.7 Å². The maximum Gasteiger partial charge on any atom is 0.0528 e. The quantitative estimate of drug-likeness (QED) is 0.708. The standard InChI is InChI=1S/C12H20O2/c1-8-5-9(2)12(4,7-14)11(6-13)10(8)3/h5,11,13-14H,6-7H2,1-4H3. The summed E-state index contributed by atoms with van der Waals surface area (Å²) in [6, 6.07) is 0. The second-order valence-electron chi connectivity index (χ2n) is 4.50. The van der Waals surface area contributed by atoms with Crippen LogP contribution in [0.25, 0.3) is 0 Å². The van der Waals surface area contributed by atoms with E-state index in [2.05, 4.69) is 13.0 Å². The Morgan fingerprint density at radius 1 is 1.29 bits per heavy atom. The van der Waals surface area contributed by atoms with Gasteiger partial charge in [0.1, 0.15) is 0 Å². The van der Waals surface area contributed by atoms with Crippen LogP contribution in [0.5, 0.6) is 0 Å². The van der Waals surface area contributed by atoms with E-state index < -0.39 is 0 Å². The molecule has 0 fully saturated rings. The first kappa shape index (κ1) is 11.5. The van der Waals surface area contributed by atoms with Crippen molar-refractivity contribution in [2.45, 2.75) is 27.7 Å². The molecule has 0 aromatic heterocycles. The minimum atomic E-state index is -0.293. The van der Waals surface area contributed by atoms with Gasteiger partial charge >= 0.3 is 0 Å². The summed E-state index contributed by atoms with van der Waals surface area (Å²) in [5.74, 6) is 0.0532. The molecule has 14 heavy (non-hydrogen) atoms. The highest BCUT2D eigenvalue weighted by Gasteiger charge is 2.38. The summed E-state index contributed by atoms with van der Waals surface area (Å²) >= 11 is 0. The molecule has 2 heteroatoms. The first-order valence-electron chi connectivity index (χ1n) is 5.05. The highest BCUT2D eigenvalue weighted by molar-refractivity contribution is 5.37. The summed E-state index contributed by atoms with van der Waals surface area (Å²) in [6.07, 6.45) is 2.11. The lowest BCUT2D eigenvalue weighted by Gasteiger charge is -2.40. The largest absolute Gasteiger partial charge is 0.396 e. The molecule has 1 aliphatic carbocycles. The van der Waals surface area contributed by atoms with Gasteiger partial charge in [-0.05, 0) is 20.8 Å². The molecule has 0 bridgehead atoms. The molecule has 2 unspecified atom stereocenters. The van der Waals surface area contributed by atoms with Crippen molar-refractivity contribution in [3.63, 3.8) is 0 Å². The van der Waals surface area contributed by atoms with E-state index in [1.165, 1.54) is 11.1 Å².